The molecule has 0 amide bonds. The van der Waals surface area contributed by atoms with Crippen LogP contribution < -0.4 is 9.47 Å². The molecule has 3 aromatic rings. The van der Waals surface area contributed by atoms with Crippen LogP contribution in [0.5, 0.6) is 11.5 Å². The van der Waals surface area contributed by atoms with Crippen LogP contribution in [0.4, 0.5) is 4.39 Å². The number of cyclic esters (lactones) is 1. The number of halogens is 3. The standard InChI is InChI=1S/C24H16Br2FNO4/c1-30-21-12-15(10-19(26)22(21)31-13-14-6-8-16(27)9-7-14)11-20-24(29)32-23(28-20)17-4-2-3-5-18(17)25/h2-12H,13H2,1H3/b20-11-. The molecule has 0 aromatic heterocycles. The zero-order chi connectivity index (χ0) is 22.7. The van der Waals surface area contributed by atoms with E-state index in [1.165, 1.54) is 19.2 Å². The molecule has 4 rings (SSSR count). The van der Waals surface area contributed by atoms with Crippen molar-refractivity contribution in [2.24, 2.45) is 4.99 Å². The molecular formula is C24H16Br2FNO4. The van der Waals surface area contributed by atoms with Crippen LogP contribution in [0.3, 0.4) is 0 Å². The first-order valence-electron chi connectivity index (χ1n) is 9.47. The van der Waals surface area contributed by atoms with Gasteiger partial charge >= 0.3 is 5.97 Å². The van der Waals surface area contributed by atoms with Crippen molar-refractivity contribution in [1.82, 2.24) is 0 Å². The molecule has 5 nitrogen and oxygen atoms in total. The summed E-state index contributed by atoms with van der Waals surface area (Å²) in [4.78, 5) is 16.7. The highest BCUT2D eigenvalue weighted by molar-refractivity contribution is 9.10. The summed E-state index contributed by atoms with van der Waals surface area (Å²) in [5.74, 6) is 0.349. The normalized spacial score (nSPS) is 14.3. The average Bonchev–Trinajstić information content (AvgIpc) is 3.14. The second-order valence-corrected chi connectivity index (χ2v) is 8.47. The Morgan fingerprint density at radius 2 is 1.81 bits per heavy atom. The third kappa shape index (κ3) is 4.92. The monoisotopic (exact) mass is 559 g/mol. The fraction of sp³-hybridized carbons (Fsp3) is 0.0833. The van der Waals surface area contributed by atoms with Crippen molar-refractivity contribution in [1.29, 1.82) is 0 Å². The van der Waals surface area contributed by atoms with Crippen molar-refractivity contribution >= 4 is 49.8 Å². The molecule has 0 bridgehead atoms. The van der Waals surface area contributed by atoms with E-state index in [4.69, 9.17) is 14.2 Å². The van der Waals surface area contributed by atoms with Gasteiger partial charge in [0.15, 0.2) is 17.2 Å². The maximum absolute atomic E-state index is 13.1. The number of carbonyl (C=O) groups excluding carboxylic acids is 1. The minimum absolute atomic E-state index is 0.171. The molecule has 0 spiro atoms. The van der Waals surface area contributed by atoms with Gasteiger partial charge in [0.2, 0.25) is 5.90 Å². The molecular weight excluding hydrogens is 545 g/mol. The molecule has 162 valence electrons. The largest absolute Gasteiger partial charge is 0.493 e. The number of aliphatic imine (C=N–C) groups is 1. The van der Waals surface area contributed by atoms with Gasteiger partial charge in [-0.05, 0) is 85.5 Å². The van der Waals surface area contributed by atoms with Gasteiger partial charge in [0, 0.05) is 4.47 Å². The maximum atomic E-state index is 13.1. The molecule has 3 aromatic carbocycles. The number of methoxy groups -OCH3 is 1. The summed E-state index contributed by atoms with van der Waals surface area (Å²) >= 11 is 6.93. The number of nitrogens with zero attached hydrogens (tertiary/aromatic N) is 1. The van der Waals surface area contributed by atoms with Crippen LogP contribution in [-0.2, 0) is 16.1 Å². The van der Waals surface area contributed by atoms with Crippen molar-refractivity contribution in [2.45, 2.75) is 6.61 Å². The minimum atomic E-state index is -0.539. The Balaban J connectivity index is 1.59. The minimum Gasteiger partial charge on any atom is -0.493 e. The second kappa shape index (κ2) is 9.67. The van der Waals surface area contributed by atoms with Crippen LogP contribution in [0.2, 0.25) is 0 Å². The Bertz CT molecular complexity index is 1240. The summed E-state index contributed by atoms with van der Waals surface area (Å²) in [5, 5.41) is 0. The lowest BCUT2D eigenvalue weighted by molar-refractivity contribution is -0.129. The lowest BCUT2D eigenvalue weighted by atomic mass is 10.1. The molecule has 0 atom stereocenters. The first kappa shape index (κ1) is 22.2. The van der Waals surface area contributed by atoms with E-state index in [0.717, 1.165) is 10.0 Å². The van der Waals surface area contributed by atoms with Crippen LogP contribution in [0.15, 0.2) is 80.3 Å². The van der Waals surface area contributed by atoms with Gasteiger partial charge in [-0.25, -0.2) is 14.2 Å². The van der Waals surface area contributed by atoms with Gasteiger partial charge in [0.25, 0.3) is 0 Å². The lowest BCUT2D eigenvalue weighted by Gasteiger charge is -2.13. The number of rotatable bonds is 6. The molecule has 0 aliphatic carbocycles. The molecule has 0 unspecified atom stereocenters. The molecule has 0 saturated carbocycles. The highest BCUT2D eigenvalue weighted by Gasteiger charge is 2.25. The molecule has 0 saturated heterocycles. The summed E-state index contributed by atoms with van der Waals surface area (Å²) in [7, 11) is 1.52. The van der Waals surface area contributed by atoms with Gasteiger partial charge in [0.05, 0.1) is 17.1 Å². The van der Waals surface area contributed by atoms with Crippen LogP contribution >= 0.6 is 31.9 Å². The van der Waals surface area contributed by atoms with E-state index >= 15 is 0 Å². The van der Waals surface area contributed by atoms with E-state index in [1.807, 2.05) is 24.3 Å². The number of hydrogen-bond donors (Lipinski definition) is 0. The first-order valence-corrected chi connectivity index (χ1v) is 11.1. The van der Waals surface area contributed by atoms with Crippen molar-refractivity contribution in [3.8, 4) is 11.5 Å². The molecule has 1 heterocycles. The SMILES string of the molecule is COc1cc(/C=C2\N=C(c3ccccc3Br)OC2=O)cc(Br)c1OCc1ccc(F)cc1. The van der Waals surface area contributed by atoms with E-state index in [0.29, 0.717) is 27.1 Å². The Kier molecular flexibility index (Phi) is 6.72. The van der Waals surface area contributed by atoms with Gasteiger partial charge in [0.1, 0.15) is 12.4 Å². The third-order valence-corrected chi connectivity index (χ3v) is 5.86. The van der Waals surface area contributed by atoms with Crippen LogP contribution in [0.25, 0.3) is 6.08 Å². The summed E-state index contributed by atoms with van der Waals surface area (Å²) in [6.07, 6.45) is 1.61. The van der Waals surface area contributed by atoms with E-state index < -0.39 is 5.97 Å². The maximum Gasteiger partial charge on any atom is 0.363 e. The number of ether oxygens (including phenoxy) is 3. The fourth-order valence-corrected chi connectivity index (χ4v) is 4.04. The highest BCUT2D eigenvalue weighted by atomic mass is 79.9. The Labute approximate surface area is 200 Å². The Morgan fingerprint density at radius 1 is 1.06 bits per heavy atom. The highest BCUT2D eigenvalue weighted by Crippen LogP contribution is 2.38. The summed E-state index contributed by atoms with van der Waals surface area (Å²) < 4.78 is 31.2. The Morgan fingerprint density at radius 3 is 2.53 bits per heavy atom. The van der Waals surface area contributed by atoms with Crippen molar-refractivity contribution in [2.75, 3.05) is 7.11 Å². The fourth-order valence-electron chi connectivity index (χ4n) is 3.02. The number of esters is 1. The first-order chi connectivity index (χ1) is 15.4. The summed E-state index contributed by atoms with van der Waals surface area (Å²) in [5.41, 5.74) is 2.35. The predicted molar refractivity (Wildman–Crippen MR) is 126 cm³/mol. The Hall–Kier alpha value is -2.97. The van der Waals surface area contributed by atoms with Crippen LogP contribution in [0.1, 0.15) is 16.7 Å². The van der Waals surface area contributed by atoms with Gasteiger partial charge in [-0.3, -0.25) is 0 Å². The number of hydrogen-bond acceptors (Lipinski definition) is 5. The second-order valence-electron chi connectivity index (χ2n) is 6.77. The van der Waals surface area contributed by atoms with Crippen molar-refractivity contribution in [3.05, 3.63) is 97.8 Å². The topological polar surface area (TPSA) is 57.1 Å². The quantitative estimate of drug-likeness (QED) is 0.263. The zero-order valence-corrected chi connectivity index (χ0v) is 19.9. The van der Waals surface area contributed by atoms with Crippen molar-refractivity contribution in [3.63, 3.8) is 0 Å². The summed E-state index contributed by atoms with van der Waals surface area (Å²) in [6, 6.07) is 16.9. The average molecular weight is 561 g/mol. The number of benzene rings is 3. The van der Waals surface area contributed by atoms with E-state index in [1.54, 1.807) is 30.3 Å². The third-order valence-electron chi connectivity index (χ3n) is 4.58. The van der Waals surface area contributed by atoms with E-state index in [9.17, 15) is 9.18 Å². The molecule has 0 fully saturated rings. The molecule has 0 N–H and O–H groups in total. The van der Waals surface area contributed by atoms with Gasteiger partial charge < -0.3 is 14.2 Å². The summed E-state index contributed by atoms with van der Waals surface area (Å²) in [6.45, 7) is 0.238. The van der Waals surface area contributed by atoms with Gasteiger partial charge in [-0.2, -0.15) is 0 Å². The molecule has 1 aliphatic heterocycles. The zero-order valence-electron chi connectivity index (χ0n) is 16.8. The van der Waals surface area contributed by atoms with Gasteiger partial charge in [-0.15, -0.1) is 0 Å². The number of carbonyl (C=O) groups is 1. The van der Waals surface area contributed by atoms with Crippen LogP contribution in [-0.4, -0.2) is 19.0 Å². The van der Waals surface area contributed by atoms with Crippen LogP contribution in [0, 0.1) is 5.82 Å². The molecule has 8 heteroatoms. The van der Waals surface area contributed by atoms with E-state index in [2.05, 4.69) is 36.9 Å². The van der Waals surface area contributed by atoms with E-state index in [-0.39, 0.29) is 24.0 Å². The lowest BCUT2D eigenvalue weighted by Crippen LogP contribution is -2.05. The molecule has 1 aliphatic rings. The van der Waals surface area contributed by atoms with Crippen molar-refractivity contribution < 1.29 is 23.4 Å². The predicted octanol–water partition coefficient (Wildman–Crippen LogP) is 6.28. The smallest absolute Gasteiger partial charge is 0.363 e. The molecule has 32 heavy (non-hydrogen) atoms. The van der Waals surface area contributed by atoms with Gasteiger partial charge in [-0.1, -0.05) is 24.3 Å². The molecule has 0 radical (unpaired) electrons.